The summed E-state index contributed by atoms with van der Waals surface area (Å²) in [6.45, 7) is 2.40. The van der Waals surface area contributed by atoms with Crippen LogP contribution < -0.4 is 9.47 Å². The van der Waals surface area contributed by atoms with Gasteiger partial charge in [-0.3, -0.25) is 0 Å². The zero-order valence-corrected chi connectivity index (χ0v) is 12.8. The fraction of sp³-hybridized carbons (Fsp3) is 0.235. The lowest BCUT2D eigenvalue weighted by atomic mass is 10.1. The first-order chi connectivity index (χ1) is 10.2. The Kier molecular flexibility index (Phi) is 5.48. The Morgan fingerprint density at radius 3 is 2.86 bits per heavy atom. The summed E-state index contributed by atoms with van der Waals surface area (Å²) in [4.78, 5) is 4.15. The van der Waals surface area contributed by atoms with Crippen LogP contribution in [0.25, 0.3) is 0 Å². The first kappa shape index (κ1) is 15.2. The second-order valence-electron chi connectivity index (χ2n) is 4.38. The van der Waals surface area contributed by atoms with Gasteiger partial charge in [0, 0.05) is 11.8 Å². The summed E-state index contributed by atoms with van der Waals surface area (Å²) in [6.07, 6.45) is 1.69. The summed E-state index contributed by atoms with van der Waals surface area (Å²) in [6, 6.07) is 9.61. The van der Waals surface area contributed by atoms with Gasteiger partial charge in [0.2, 0.25) is 5.88 Å². The third kappa shape index (κ3) is 4.14. The van der Waals surface area contributed by atoms with Gasteiger partial charge < -0.3 is 9.47 Å². The third-order valence-electron chi connectivity index (χ3n) is 2.90. The van der Waals surface area contributed by atoms with E-state index in [0.717, 1.165) is 22.4 Å². The largest absolute Gasteiger partial charge is 0.488 e. The number of alkyl halides is 1. The van der Waals surface area contributed by atoms with Gasteiger partial charge in [0.05, 0.1) is 18.6 Å². The van der Waals surface area contributed by atoms with Gasteiger partial charge in [-0.1, -0.05) is 11.8 Å². The number of nitrogens with zero attached hydrogens (tertiary/aromatic N) is 1. The molecule has 0 spiro atoms. The lowest BCUT2D eigenvalue weighted by Crippen LogP contribution is -2.01. The highest BCUT2D eigenvalue weighted by Crippen LogP contribution is 2.22. The summed E-state index contributed by atoms with van der Waals surface area (Å²) in [5.74, 6) is 7.55. The first-order valence-corrected chi connectivity index (χ1v) is 7.04. The maximum atomic E-state index is 5.83. The second kappa shape index (κ2) is 7.56. The number of halogens is 1. The van der Waals surface area contributed by atoms with Crippen molar-refractivity contribution < 1.29 is 9.47 Å². The molecule has 0 unspecified atom stereocenters. The average molecular weight is 302 g/mol. The number of aromatic nitrogens is 1. The number of pyridine rings is 1. The molecule has 1 heterocycles. The van der Waals surface area contributed by atoms with E-state index in [1.807, 2.05) is 37.3 Å². The topological polar surface area (TPSA) is 31.4 Å². The van der Waals surface area contributed by atoms with Crippen LogP contribution in [-0.2, 0) is 6.61 Å². The number of hydrogen-bond donors (Lipinski definition) is 0. The van der Waals surface area contributed by atoms with E-state index in [2.05, 4.69) is 16.8 Å². The predicted octanol–water partition coefficient (Wildman–Crippen LogP) is 3.57. The highest BCUT2D eigenvalue weighted by Gasteiger charge is 2.06. The van der Waals surface area contributed by atoms with E-state index < -0.39 is 0 Å². The van der Waals surface area contributed by atoms with Crippen molar-refractivity contribution in [1.82, 2.24) is 4.98 Å². The van der Waals surface area contributed by atoms with Crippen LogP contribution in [0.2, 0.25) is 0 Å². The van der Waals surface area contributed by atoms with Gasteiger partial charge in [0.25, 0.3) is 0 Å². The lowest BCUT2D eigenvalue weighted by Gasteiger charge is -2.11. The molecule has 3 nitrogen and oxygen atoms in total. The van der Waals surface area contributed by atoms with Crippen molar-refractivity contribution in [3.8, 4) is 23.5 Å². The highest BCUT2D eigenvalue weighted by atomic mass is 35.5. The maximum Gasteiger partial charge on any atom is 0.219 e. The van der Waals surface area contributed by atoms with Crippen molar-refractivity contribution in [3.63, 3.8) is 0 Å². The van der Waals surface area contributed by atoms with Crippen LogP contribution in [0.4, 0.5) is 0 Å². The summed E-state index contributed by atoms with van der Waals surface area (Å²) in [5, 5.41) is 0. The molecule has 0 saturated heterocycles. The summed E-state index contributed by atoms with van der Waals surface area (Å²) in [7, 11) is 1.60. The van der Waals surface area contributed by atoms with Crippen LogP contribution in [0.1, 0.15) is 16.7 Å². The Bertz CT molecular complexity index is 674. The van der Waals surface area contributed by atoms with E-state index in [4.69, 9.17) is 21.1 Å². The average Bonchev–Trinajstić information content (AvgIpc) is 2.52. The molecule has 0 N–H and O–H groups in total. The molecular formula is C17H16ClNO2. The molecule has 0 aliphatic heterocycles. The van der Waals surface area contributed by atoms with Gasteiger partial charge in [-0.25, -0.2) is 4.98 Å². The van der Waals surface area contributed by atoms with Crippen LogP contribution in [0, 0.1) is 18.8 Å². The molecule has 1 aromatic carbocycles. The Morgan fingerprint density at radius 2 is 2.14 bits per heavy atom. The van der Waals surface area contributed by atoms with E-state index in [9.17, 15) is 0 Å². The minimum Gasteiger partial charge on any atom is -0.488 e. The number of rotatable bonds is 4. The quantitative estimate of drug-likeness (QED) is 0.639. The Hall–Kier alpha value is -2.18. The molecular weight excluding hydrogens is 286 g/mol. The van der Waals surface area contributed by atoms with Gasteiger partial charge in [-0.15, -0.1) is 11.6 Å². The van der Waals surface area contributed by atoms with Crippen LogP contribution in [0.15, 0.2) is 36.5 Å². The van der Waals surface area contributed by atoms with Gasteiger partial charge in [0.15, 0.2) is 0 Å². The van der Waals surface area contributed by atoms with Crippen molar-refractivity contribution in [3.05, 3.63) is 53.2 Å². The number of ether oxygens (including phenoxy) is 2. The molecule has 0 atom stereocenters. The fourth-order valence-corrected chi connectivity index (χ4v) is 1.96. The van der Waals surface area contributed by atoms with Crippen molar-refractivity contribution in [1.29, 1.82) is 0 Å². The van der Waals surface area contributed by atoms with Gasteiger partial charge in [-0.2, -0.15) is 0 Å². The first-order valence-electron chi connectivity index (χ1n) is 6.50. The van der Waals surface area contributed by atoms with Crippen molar-refractivity contribution in [2.75, 3.05) is 13.0 Å². The molecule has 108 valence electrons. The fourth-order valence-electron chi connectivity index (χ4n) is 1.90. The zero-order chi connectivity index (χ0) is 15.1. The molecule has 0 bridgehead atoms. The van der Waals surface area contributed by atoms with Crippen molar-refractivity contribution in [2.45, 2.75) is 13.5 Å². The van der Waals surface area contributed by atoms with Crippen molar-refractivity contribution >= 4 is 11.6 Å². The molecule has 2 rings (SSSR count). The van der Waals surface area contributed by atoms with Gasteiger partial charge in [0.1, 0.15) is 12.4 Å². The summed E-state index contributed by atoms with van der Waals surface area (Å²) >= 11 is 5.55. The molecule has 0 radical (unpaired) electrons. The Balaban J connectivity index is 2.10. The number of hydrogen-bond acceptors (Lipinski definition) is 3. The van der Waals surface area contributed by atoms with E-state index in [-0.39, 0.29) is 0 Å². The van der Waals surface area contributed by atoms with E-state index in [0.29, 0.717) is 18.4 Å². The lowest BCUT2D eigenvalue weighted by molar-refractivity contribution is 0.292. The summed E-state index contributed by atoms with van der Waals surface area (Å²) < 4.78 is 11.0. The molecule has 0 fully saturated rings. The molecule has 0 aliphatic carbocycles. The minimum atomic E-state index is 0.331. The molecule has 0 aliphatic rings. The minimum absolute atomic E-state index is 0.331. The Morgan fingerprint density at radius 1 is 1.29 bits per heavy atom. The van der Waals surface area contributed by atoms with Crippen LogP contribution in [0.3, 0.4) is 0 Å². The molecule has 0 amide bonds. The molecule has 0 saturated carbocycles. The second-order valence-corrected chi connectivity index (χ2v) is 4.64. The van der Waals surface area contributed by atoms with Crippen molar-refractivity contribution in [2.24, 2.45) is 0 Å². The normalized spacial score (nSPS) is 9.67. The third-order valence-corrected chi connectivity index (χ3v) is 3.03. The van der Waals surface area contributed by atoms with E-state index >= 15 is 0 Å². The summed E-state index contributed by atoms with van der Waals surface area (Å²) in [5.41, 5.74) is 2.86. The molecule has 1 aromatic heterocycles. The number of benzene rings is 1. The smallest absolute Gasteiger partial charge is 0.219 e. The molecule has 2 aromatic rings. The SMILES string of the molecule is COc1ncccc1COc1ccc(C#CCCl)cc1C. The highest BCUT2D eigenvalue weighted by molar-refractivity contribution is 6.19. The van der Waals surface area contributed by atoms with Gasteiger partial charge >= 0.3 is 0 Å². The number of methoxy groups -OCH3 is 1. The van der Waals surface area contributed by atoms with Crippen LogP contribution in [0.5, 0.6) is 11.6 Å². The van der Waals surface area contributed by atoms with E-state index in [1.54, 1.807) is 13.3 Å². The van der Waals surface area contributed by atoms with E-state index in [1.165, 1.54) is 0 Å². The van der Waals surface area contributed by atoms with Crippen LogP contribution in [-0.4, -0.2) is 18.0 Å². The van der Waals surface area contributed by atoms with Gasteiger partial charge in [-0.05, 0) is 42.8 Å². The molecule has 21 heavy (non-hydrogen) atoms. The number of aryl methyl sites for hydroxylation is 1. The maximum absolute atomic E-state index is 5.83. The van der Waals surface area contributed by atoms with Crippen LogP contribution >= 0.6 is 11.6 Å². The Labute approximate surface area is 129 Å². The molecule has 4 heteroatoms. The monoisotopic (exact) mass is 301 g/mol. The zero-order valence-electron chi connectivity index (χ0n) is 12.0. The standard InChI is InChI=1S/C17H16ClNO2/c1-13-11-14(5-3-9-18)7-8-16(13)21-12-15-6-4-10-19-17(15)20-2/h4,6-8,10-11H,9,12H2,1-2H3. The predicted molar refractivity (Wildman–Crippen MR) is 83.9 cm³/mol.